The summed E-state index contributed by atoms with van der Waals surface area (Å²) in [4.78, 5) is 87.0. The number of hydrogen-bond acceptors (Lipinski definition) is 18. The number of aromatic hydroxyl groups is 1. The Morgan fingerprint density at radius 2 is 1.70 bits per heavy atom. The standard InChI is InChI=1S/C43H38N5O18P3.C2H6/c1-24(47-42-41-43(45-21-44-42)48(22-46-41)39-19-34(53)38(64-39)20-62-68(57,58)66-69(59,60)65-67(54,55)56)26-8-6-25(7-9-26)4-2-3-5-33(52)27-10-15-35(61-23-49)32(16-27)40-30-13-11-28(50)17-36(30)63-37-18-29(51)12-14-31(37)40;1-2/h6-18,21-24,34,38-39,50,53H,3,5,19-20H2,1H3,(H,57,58)(H,59,60)(H,44,45,47)(H2,54,55,56);1-2H3/t24?,34?,38-,39-;/m1./s1. The fourth-order valence-corrected chi connectivity index (χ4v) is 10.5. The van der Waals surface area contributed by atoms with Crippen molar-refractivity contribution < 1.29 is 80.1 Å². The molecule has 5 aromatic rings. The molecule has 4 unspecified atom stereocenters. The molecule has 3 aliphatic rings. The summed E-state index contributed by atoms with van der Waals surface area (Å²) in [6.07, 6.45) is -0.560. The van der Waals surface area contributed by atoms with Crippen LogP contribution >= 0.6 is 23.5 Å². The summed E-state index contributed by atoms with van der Waals surface area (Å²) in [6, 6.07) is 20.5. The minimum Gasteiger partial charge on any atom is -0.508 e. The number of ketones is 1. The lowest BCUT2D eigenvalue weighted by Gasteiger charge is -2.19. The van der Waals surface area contributed by atoms with Gasteiger partial charge < -0.3 is 49.0 Å². The second-order valence-electron chi connectivity index (χ2n) is 15.3. The molecule has 1 fully saturated rings. The molecule has 23 nitrogen and oxygen atoms in total. The first-order chi connectivity index (χ1) is 33.8. The predicted molar refractivity (Wildman–Crippen MR) is 253 cm³/mol. The molecule has 2 aliphatic heterocycles. The molecule has 372 valence electrons. The maximum atomic E-state index is 13.5. The topological polar surface area (TPSA) is 339 Å². The molecule has 71 heavy (non-hydrogen) atoms. The van der Waals surface area contributed by atoms with Gasteiger partial charge >= 0.3 is 23.5 Å². The van der Waals surface area contributed by atoms with E-state index in [4.69, 9.17) is 23.7 Å². The number of phenols is 1. The normalized spacial score (nSPS) is 17.8. The first kappa shape index (κ1) is 52.4. The van der Waals surface area contributed by atoms with E-state index in [0.717, 1.165) is 5.56 Å². The van der Waals surface area contributed by atoms with Gasteiger partial charge in [0.15, 0.2) is 28.2 Å². The fourth-order valence-electron chi connectivity index (χ4n) is 7.51. The van der Waals surface area contributed by atoms with Crippen molar-refractivity contribution in [2.24, 2.45) is 0 Å². The zero-order valence-corrected chi connectivity index (χ0v) is 40.3. The van der Waals surface area contributed by atoms with Gasteiger partial charge in [-0.25, -0.2) is 28.6 Å². The number of benzene rings is 4. The second-order valence-corrected chi connectivity index (χ2v) is 19.7. The minimum absolute atomic E-state index is 0.0634. The number of anilines is 1. The number of aromatic nitrogens is 4. The summed E-state index contributed by atoms with van der Waals surface area (Å²) in [7, 11) is -16.8. The summed E-state index contributed by atoms with van der Waals surface area (Å²) in [5.41, 5.74) is 3.95. The lowest BCUT2D eigenvalue weighted by molar-refractivity contribution is -0.120. The Bertz CT molecular complexity index is 3350. The van der Waals surface area contributed by atoms with Crippen molar-refractivity contribution in [2.45, 2.75) is 64.5 Å². The number of hydrogen-bond donors (Lipinski definition) is 7. The van der Waals surface area contributed by atoms with Crippen molar-refractivity contribution in [3.05, 3.63) is 118 Å². The molecular formula is C45H44N5O18P3. The van der Waals surface area contributed by atoms with Crippen molar-refractivity contribution in [2.75, 3.05) is 11.9 Å². The summed E-state index contributed by atoms with van der Waals surface area (Å²) < 4.78 is 65.3. The molecule has 0 spiro atoms. The van der Waals surface area contributed by atoms with E-state index in [0.29, 0.717) is 50.2 Å². The van der Waals surface area contributed by atoms with Crippen LogP contribution in [0.3, 0.4) is 0 Å². The Morgan fingerprint density at radius 1 is 0.944 bits per heavy atom. The molecule has 1 saturated heterocycles. The number of aliphatic hydroxyl groups is 1. The number of phenolic OH excluding ortho intramolecular Hbond substituents is 1. The van der Waals surface area contributed by atoms with E-state index in [9.17, 15) is 48.1 Å². The Hall–Kier alpha value is -6.47. The molecule has 4 heterocycles. The average Bonchev–Trinajstić information content (AvgIpc) is 3.92. The van der Waals surface area contributed by atoms with Crippen LogP contribution in [-0.4, -0.2) is 80.4 Å². The van der Waals surface area contributed by atoms with Gasteiger partial charge in [0.2, 0.25) is 0 Å². The van der Waals surface area contributed by atoms with Crippen molar-refractivity contribution in [3.63, 3.8) is 0 Å². The summed E-state index contributed by atoms with van der Waals surface area (Å²) in [5, 5.41) is 24.6. The van der Waals surface area contributed by atoms with E-state index in [1.807, 2.05) is 45.0 Å². The van der Waals surface area contributed by atoms with E-state index in [2.05, 4.69) is 45.3 Å². The maximum Gasteiger partial charge on any atom is 0.490 e. The third-order valence-corrected chi connectivity index (χ3v) is 14.4. The van der Waals surface area contributed by atoms with Gasteiger partial charge in [-0.2, -0.15) is 8.62 Å². The molecule has 3 aromatic carbocycles. The highest BCUT2D eigenvalue weighted by Gasteiger charge is 2.43. The number of aliphatic hydroxyl groups excluding tert-OH is 1. The highest BCUT2D eigenvalue weighted by molar-refractivity contribution is 7.66. The highest BCUT2D eigenvalue weighted by atomic mass is 31.3. The lowest BCUT2D eigenvalue weighted by Crippen LogP contribution is -2.26. The molecule has 0 bridgehead atoms. The Balaban J connectivity index is 0.00000366. The van der Waals surface area contributed by atoms with Gasteiger partial charge in [-0.15, -0.1) is 0 Å². The van der Waals surface area contributed by atoms with Crippen LogP contribution in [-0.2, 0) is 36.4 Å². The summed E-state index contributed by atoms with van der Waals surface area (Å²) in [5.74, 6) is 6.60. The van der Waals surface area contributed by atoms with E-state index in [1.165, 1.54) is 47.6 Å². The van der Waals surface area contributed by atoms with Crippen molar-refractivity contribution in [1.29, 1.82) is 0 Å². The smallest absolute Gasteiger partial charge is 0.490 e. The molecular weight excluding hydrogens is 991 g/mol. The Morgan fingerprint density at radius 3 is 2.44 bits per heavy atom. The van der Waals surface area contributed by atoms with Gasteiger partial charge in [-0.1, -0.05) is 37.8 Å². The second kappa shape index (κ2) is 21.9. The molecule has 0 saturated carbocycles. The predicted octanol–water partition coefficient (Wildman–Crippen LogP) is 7.15. The van der Waals surface area contributed by atoms with Crippen molar-refractivity contribution in [3.8, 4) is 45.8 Å². The van der Waals surface area contributed by atoms with Crippen LogP contribution in [0.15, 0.2) is 101 Å². The van der Waals surface area contributed by atoms with E-state index >= 15 is 0 Å². The third kappa shape index (κ3) is 12.7. The number of phosphoric ester groups is 1. The van der Waals surface area contributed by atoms with Crippen LogP contribution in [0.4, 0.5) is 5.82 Å². The summed E-state index contributed by atoms with van der Waals surface area (Å²) >= 11 is 0. The van der Waals surface area contributed by atoms with Gasteiger partial charge in [0.25, 0.3) is 6.47 Å². The van der Waals surface area contributed by atoms with Crippen LogP contribution in [0, 0.1) is 11.8 Å². The highest BCUT2D eigenvalue weighted by Crippen LogP contribution is 2.66. The van der Waals surface area contributed by atoms with E-state index in [-0.39, 0.29) is 65.8 Å². The number of fused-ring (bicyclic) bond motifs is 3. The fraction of sp³-hybridized carbons (Fsp3) is 0.244. The molecule has 2 aromatic heterocycles. The maximum absolute atomic E-state index is 13.5. The first-order valence-electron chi connectivity index (χ1n) is 21.4. The number of ether oxygens (including phenoxy) is 2. The largest absolute Gasteiger partial charge is 0.508 e. The molecule has 26 heteroatoms. The van der Waals surface area contributed by atoms with Gasteiger partial charge in [0, 0.05) is 64.6 Å². The van der Waals surface area contributed by atoms with Crippen LogP contribution in [0.1, 0.15) is 73.8 Å². The molecule has 8 rings (SSSR count). The number of nitrogens with zero attached hydrogens (tertiary/aromatic N) is 4. The number of nitrogens with one attached hydrogen (secondary N) is 1. The number of carbonyl (C=O) groups is 2. The van der Waals surface area contributed by atoms with Gasteiger partial charge in [0.1, 0.15) is 41.5 Å². The SMILES string of the molecule is CC.CC(Nc1ncnc2c1ncn2[C@H]1CC(O)[C@@H](COP(=O)(O)OP(=O)(O)OP(=O)(O)O)O1)c1ccc(C#CCCC(=O)c2ccc(OC=O)c(-c3c4ccc(=O)cc-4oc4cc(O)ccc34)c2)cc1. The zero-order chi connectivity index (χ0) is 51.3. The van der Waals surface area contributed by atoms with Crippen LogP contribution in [0.2, 0.25) is 0 Å². The quantitative estimate of drug-likeness (QED) is 0.0156. The van der Waals surface area contributed by atoms with Crippen LogP contribution in [0.5, 0.6) is 11.5 Å². The Labute approximate surface area is 402 Å². The van der Waals surface area contributed by atoms with Gasteiger partial charge in [0.05, 0.1) is 25.1 Å². The minimum atomic E-state index is -5.74. The third-order valence-electron chi connectivity index (χ3n) is 10.6. The van der Waals surface area contributed by atoms with Gasteiger partial charge in [-0.3, -0.25) is 23.5 Å². The zero-order valence-electron chi connectivity index (χ0n) is 37.6. The first-order valence-corrected chi connectivity index (χ1v) is 25.9. The molecule has 0 radical (unpaired) electrons. The van der Waals surface area contributed by atoms with E-state index in [1.54, 1.807) is 24.3 Å². The number of carbonyl (C=O) groups excluding carboxylic acids is 2. The number of imidazole rings is 1. The van der Waals surface area contributed by atoms with Gasteiger partial charge in [-0.05, 0) is 67.1 Å². The Kier molecular flexibility index (Phi) is 16.1. The molecule has 0 amide bonds. The monoisotopic (exact) mass is 1040 g/mol. The lowest BCUT2D eigenvalue weighted by atomic mass is 9.91. The van der Waals surface area contributed by atoms with E-state index < -0.39 is 48.5 Å². The van der Waals surface area contributed by atoms with Crippen LogP contribution in [0.25, 0.3) is 44.6 Å². The molecule has 7 N–H and O–H groups in total. The number of rotatable bonds is 17. The number of phosphoric acid groups is 3. The van der Waals surface area contributed by atoms with Crippen molar-refractivity contribution >= 4 is 63.7 Å². The summed E-state index contributed by atoms with van der Waals surface area (Å²) in [6.45, 7) is 5.32. The van der Waals surface area contributed by atoms with Crippen molar-refractivity contribution in [1.82, 2.24) is 19.5 Å². The molecule has 6 atom stereocenters. The van der Waals surface area contributed by atoms with Crippen LogP contribution < -0.4 is 15.5 Å². The average molecular weight is 1040 g/mol. The number of Topliss-reactive ketones (excluding diaryl/α,β-unsaturated/α-hetero) is 1. The molecule has 1 aliphatic carbocycles.